The van der Waals surface area contributed by atoms with E-state index in [1.165, 1.54) is 17.0 Å². The van der Waals surface area contributed by atoms with Crippen molar-refractivity contribution in [2.45, 2.75) is 24.8 Å². The monoisotopic (exact) mass is 361 g/mol. The van der Waals surface area contributed by atoms with E-state index in [1.54, 1.807) is 18.4 Å². The first-order valence-corrected chi connectivity index (χ1v) is 9.40. The number of ether oxygens (including phenoxy) is 1. The van der Waals surface area contributed by atoms with Gasteiger partial charge in [0.15, 0.2) is 5.96 Å². The van der Waals surface area contributed by atoms with Crippen LogP contribution >= 0.6 is 11.3 Å². The normalized spacial score (nSPS) is 17.3. The maximum absolute atomic E-state index is 13.3. The third kappa shape index (κ3) is 4.58. The Balaban J connectivity index is 1.66. The van der Waals surface area contributed by atoms with Crippen molar-refractivity contribution < 1.29 is 9.13 Å². The Hall–Kier alpha value is -1.92. The minimum atomic E-state index is -0.202. The van der Waals surface area contributed by atoms with Crippen molar-refractivity contribution in [3.8, 4) is 0 Å². The first-order valence-electron chi connectivity index (χ1n) is 8.53. The fourth-order valence-electron chi connectivity index (χ4n) is 3.19. The topological polar surface area (TPSA) is 45.7 Å². The van der Waals surface area contributed by atoms with Gasteiger partial charge in [-0.25, -0.2) is 4.39 Å². The maximum Gasteiger partial charge on any atom is 0.191 e. The summed E-state index contributed by atoms with van der Waals surface area (Å²) in [6.07, 6.45) is 1.82. The third-order valence-electron chi connectivity index (χ3n) is 4.73. The van der Waals surface area contributed by atoms with Crippen LogP contribution in [-0.2, 0) is 16.7 Å². The van der Waals surface area contributed by atoms with E-state index in [4.69, 9.17) is 4.74 Å². The summed E-state index contributed by atoms with van der Waals surface area (Å²) in [5.41, 5.74) is 1.09. The largest absolute Gasteiger partial charge is 0.381 e. The Labute approximate surface area is 152 Å². The SMILES string of the molecule is CN=C(NCc1cccs1)NCC1(c2ccc(F)cc2)CCOCC1. The molecule has 2 heterocycles. The molecule has 0 unspecified atom stereocenters. The van der Waals surface area contributed by atoms with Crippen LogP contribution in [0.3, 0.4) is 0 Å². The number of rotatable bonds is 5. The minimum absolute atomic E-state index is 0.0630. The van der Waals surface area contributed by atoms with Gasteiger partial charge in [-0.1, -0.05) is 18.2 Å². The van der Waals surface area contributed by atoms with Crippen LogP contribution in [0.15, 0.2) is 46.8 Å². The Morgan fingerprint density at radius 3 is 2.60 bits per heavy atom. The summed E-state index contributed by atoms with van der Waals surface area (Å²) in [4.78, 5) is 5.58. The lowest BCUT2D eigenvalue weighted by Crippen LogP contribution is -2.47. The van der Waals surface area contributed by atoms with E-state index in [0.717, 1.165) is 50.7 Å². The smallest absolute Gasteiger partial charge is 0.191 e. The van der Waals surface area contributed by atoms with E-state index in [2.05, 4.69) is 27.1 Å². The fourth-order valence-corrected chi connectivity index (χ4v) is 3.84. The molecule has 2 aromatic rings. The van der Waals surface area contributed by atoms with Gasteiger partial charge in [0, 0.05) is 37.1 Å². The van der Waals surface area contributed by atoms with Crippen LogP contribution in [0.1, 0.15) is 23.3 Å². The second-order valence-corrected chi connectivity index (χ2v) is 7.29. The molecule has 1 fully saturated rings. The molecule has 0 spiro atoms. The van der Waals surface area contributed by atoms with Gasteiger partial charge < -0.3 is 15.4 Å². The molecule has 1 aromatic carbocycles. The van der Waals surface area contributed by atoms with Gasteiger partial charge in [0.25, 0.3) is 0 Å². The van der Waals surface area contributed by atoms with Crippen molar-refractivity contribution in [1.82, 2.24) is 10.6 Å². The van der Waals surface area contributed by atoms with Gasteiger partial charge in [0.05, 0.1) is 6.54 Å². The Morgan fingerprint density at radius 1 is 1.20 bits per heavy atom. The lowest BCUT2D eigenvalue weighted by molar-refractivity contribution is 0.0513. The second kappa shape index (κ2) is 8.45. The van der Waals surface area contributed by atoms with E-state index >= 15 is 0 Å². The summed E-state index contributed by atoms with van der Waals surface area (Å²) >= 11 is 1.72. The summed E-state index contributed by atoms with van der Waals surface area (Å²) in [6.45, 7) is 2.94. The number of benzene rings is 1. The average Bonchev–Trinajstić information content (AvgIpc) is 3.17. The van der Waals surface area contributed by atoms with Crippen molar-refractivity contribution in [3.05, 3.63) is 58.0 Å². The van der Waals surface area contributed by atoms with Crippen molar-refractivity contribution in [2.24, 2.45) is 4.99 Å². The van der Waals surface area contributed by atoms with Crippen LogP contribution < -0.4 is 10.6 Å². The number of nitrogens with zero attached hydrogens (tertiary/aromatic N) is 1. The van der Waals surface area contributed by atoms with Crippen LogP contribution in [0.5, 0.6) is 0 Å². The molecule has 0 radical (unpaired) electrons. The molecule has 0 saturated carbocycles. The number of hydrogen-bond donors (Lipinski definition) is 2. The molecule has 1 aliphatic rings. The Bertz CT molecular complexity index is 679. The molecule has 134 valence electrons. The van der Waals surface area contributed by atoms with Gasteiger partial charge in [-0.2, -0.15) is 0 Å². The van der Waals surface area contributed by atoms with Gasteiger partial charge >= 0.3 is 0 Å². The van der Waals surface area contributed by atoms with E-state index < -0.39 is 0 Å². The predicted octanol–water partition coefficient (Wildman–Crippen LogP) is 3.30. The van der Waals surface area contributed by atoms with Crippen molar-refractivity contribution >= 4 is 17.3 Å². The number of nitrogens with one attached hydrogen (secondary N) is 2. The first-order chi connectivity index (χ1) is 12.2. The van der Waals surface area contributed by atoms with Crippen LogP contribution in [-0.4, -0.2) is 32.8 Å². The number of thiophene rings is 1. The van der Waals surface area contributed by atoms with E-state index in [-0.39, 0.29) is 11.2 Å². The van der Waals surface area contributed by atoms with Gasteiger partial charge in [-0.3, -0.25) is 4.99 Å². The number of aliphatic imine (C=N–C) groups is 1. The third-order valence-corrected chi connectivity index (χ3v) is 5.61. The zero-order valence-electron chi connectivity index (χ0n) is 14.4. The van der Waals surface area contributed by atoms with Gasteiger partial charge in [0.1, 0.15) is 5.82 Å². The number of guanidine groups is 1. The summed E-state index contributed by atoms with van der Waals surface area (Å²) in [6, 6.07) is 11.0. The molecule has 25 heavy (non-hydrogen) atoms. The summed E-state index contributed by atoms with van der Waals surface area (Å²) < 4.78 is 18.9. The molecule has 0 amide bonds. The van der Waals surface area contributed by atoms with Crippen LogP contribution in [0.2, 0.25) is 0 Å². The van der Waals surface area contributed by atoms with Gasteiger partial charge in [-0.05, 0) is 42.0 Å². The molecule has 4 nitrogen and oxygen atoms in total. The highest BCUT2D eigenvalue weighted by Gasteiger charge is 2.34. The molecule has 2 N–H and O–H groups in total. The zero-order chi connectivity index (χ0) is 17.5. The standard InChI is InChI=1S/C19H24FN3OS/c1-21-18(22-13-17-3-2-12-25-17)23-14-19(8-10-24-11-9-19)15-4-6-16(20)7-5-15/h2-7,12H,8-11,13-14H2,1H3,(H2,21,22,23). The van der Waals surface area contributed by atoms with Crippen LogP contribution in [0, 0.1) is 5.82 Å². The molecule has 0 bridgehead atoms. The highest BCUT2D eigenvalue weighted by molar-refractivity contribution is 7.09. The fraction of sp³-hybridized carbons (Fsp3) is 0.421. The second-order valence-electron chi connectivity index (χ2n) is 6.26. The lowest BCUT2D eigenvalue weighted by atomic mass is 9.74. The van der Waals surface area contributed by atoms with Crippen LogP contribution in [0.4, 0.5) is 4.39 Å². The highest BCUT2D eigenvalue weighted by atomic mass is 32.1. The van der Waals surface area contributed by atoms with E-state index in [9.17, 15) is 4.39 Å². The van der Waals surface area contributed by atoms with E-state index in [1.807, 2.05) is 18.2 Å². The molecule has 0 aliphatic carbocycles. The summed E-state index contributed by atoms with van der Waals surface area (Å²) in [5.74, 6) is 0.578. The Kier molecular flexibility index (Phi) is 6.04. The molecule has 1 aliphatic heterocycles. The molecule has 3 rings (SSSR count). The first kappa shape index (κ1) is 17.9. The summed E-state index contributed by atoms with van der Waals surface area (Å²) in [7, 11) is 1.78. The number of halogens is 1. The lowest BCUT2D eigenvalue weighted by Gasteiger charge is -2.38. The quantitative estimate of drug-likeness (QED) is 0.634. The van der Waals surface area contributed by atoms with E-state index in [0.29, 0.717) is 0 Å². The molecule has 6 heteroatoms. The van der Waals surface area contributed by atoms with Crippen molar-refractivity contribution in [2.75, 3.05) is 26.8 Å². The summed E-state index contributed by atoms with van der Waals surface area (Å²) in [5, 5.41) is 8.87. The Morgan fingerprint density at radius 2 is 1.96 bits per heavy atom. The zero-order valence-corrected chi connectivity index (χ0v) is 15.2. The number of hydrogen-bond acceptors (Lipinski definition) is 3. The van der Waals surface area contributed by atoms with Crippen LogP contribution in [0.25, 0.3) is 0 Å². The van der Waals surface area contributed by atoms with Crippen molar-refractivity contribution in [1.29, 1.82) is 0 Å². The van der Waals surface area contributed by atoms with Crippen molar-refractivity contribution in [3.63, 3.8) is 0 Å². The molecule has 1 saturated heterocycles. The maximum atomic E-state index is 13.3. The minimum Gasteiger partial charge on any atom is -0.381 e. The average molecular weight is 361 g/mol. The van der Waals surface area contributed by atoms with Gasteiger partial charge in [0.2, 0.25) is 0 Å². The highest BCUT2D eigenvalue weighted by Crippen LogP contribution is 2.34. The molecular weight excluding hydrogens is 337 g/mol. The molecular formula is C19H24FN3OS. The predicted molar refractivity (Wildman–Crippen MR) is 101 cm³/mol. The molecule has 1 aromatic heterocycles. The van der Waals surface area contributed by atoms with Gasteiger partial charge in [-0.15, -0.1) is 11.3 Å². The molecule has 0 atom stereocenters.